The number of anilines is 1. The highest BCUT2D eigenvalue weighted by molar-refractivity contribution is 5.78. The van der Waals surface area contributed by atoms with Crippen LogP contribution in [0.5, 0.6) is 5.75 Å². The maximum atomic E-state index is 12.8. The molecule has 0 radical (unpaired) electrons. The molecular weight excluding hydrogens is 338 g/mol. The molecule has 0 N–H and O–H groups in total. The molecule has 0 aromatic heterocycles. The molecule has 1 amide bonds. The van der Waals surface area contributed by atoms with Crippen molar-refractivity contribution < 1.29 is 9.53 Å². The van der Waals surface area contributed by atoms with E-state index in [9.17, 15) is 4.79 Å². The zero-order valence-corrected chi connectivity index (χ0v) is 16.6. The number of piperidine rings is 1. The molecule has 1 aromatic carbocycles. The van der Waals surface area contributed by atoms with Crippen molar-refractivity contribution in [3.63, 3.8) is 0 Å². The van der Waals surface area contributed by atoms with E-state index in [0.29, 0.717) is 12.5 Å². The Morgan fingerprint density at radius 2 is 1.81 bits per heavy atom. The summed E-state index contributed by atoms with van der Waals surface area (Å²) in [5, 5.41) is 0. The first-order chi connectivity index (χ1) is 13.2. The average Bonchev–Trinajstić information content (AvgIpc) is 2.74. The van der Waals surface area contributed by atoms with Crippen LogP contribution in [0, 0.1) is 11.8 Å². The standard InChI is InChI=1S/C22H33N3O2/c1-27-21-8-4-7-20(15-21)24-13-11-23(12-14-24)17-22(26)25-10-9-18-5-2-3-6-19(18)16-25/h4,7-8,15,18-19H,2-3,5-6,9-14,16-17H2,1H3/t18-,19+/m0/s1. The molecule has 148 valence electrons. The van der Waals surface area contributed by atoms with Gasteiger partial charge in [-0.05, 0) is 36.8 Å². The summed E-state index contributed by atoms with van der Waals surface area (Å²) in [6.45, 7) is 6.39. The maximum Gasteiger partial charge on any atom is 0.236 e. The molecule has 2 heterocycles. The van der Waals surface area contributed by atoms with Gasteiger partial charge in [-0.25, -0.2) is 0 Å². The topological polar surface area (TPSA) is 36.0 Å². The summed E-state index contributed by atoms with van der Waals surface area (Å²) in [4.78, 5) is 19.7. The number of likely N-dealkylation sites (tertiary alicyclic amines) is 1. The van der Waals surface area contributed by atoms with Crippen LogP contribution in [0.4, 0.5) is 5.69 Å². The molecule has 1 saturated carbocycles. The minimum atomic E-state index is 0.342. The summed E-state index contributed by atoms with van der Waals surface area (Å²) in [5.41, 5.74) is 1.21. The summed E-state index contributed by atoms with van der Waals surface area (Å²) >= 11 is 0. The normalized spacial score (nSPS) is 26.6. The largest absolute Gasteiger partial charge is 0.497 e. The average molecular weight is 372 g/mol. The number of nitrogens with zero attached hydrogens (tertiary/aromatic N) is 3. The fourth-order valence-electron chi connectivity index (χ4n) is 5.09. The van der Waals surface area contributed by atoms with Crippen molar-refractivity contribution in [3.8, 4) is 5.75 Å². The Kier molecular flexibility index (Phi) is 5.86. The van der Waals surface area contributed by atoms with Crippen molar-refractivity contribution >= 4 is 11.6 Å². The number of methoxy groups -OCH3 is 1. The summed E-state index contributed by atoms with van der Waals surface area (Å²) < 4.78 is 5.34. The molecule has 0 bridgehead atoms. The van der Waals surface area contributed by atoms with Crippen LogP contribution < -0.4 is 9.64 Å². The Morgan fingerprint density at radius 1 is 1.04 bits per heavy atom. The van der Waals surface area contributed by atoms with E-state index in [-0.39, 0.29) is 0 Å². The monoisotopic (exact) mass is 371 g/mol. The van der Waals surface area contributed by atoms with Crippen molar-refractivity contribution in [1.82, 2.24) is 9.80 Å². The van der Waals surface area contributed by atoms with E-state index in [1.165, 1.54) is 37.8 Å². The summed E-state index contributed by atoms with van der Waals surface area (Å²) in [5.74, 6) is 2.89. The second kappa shape index (κ2) is 8.51. The summed E-state index contributed by atoms with van der Waals surface area (Å²) in [7, 11) is 1.71. The fourth-order valence-corrected chi connectivity index (χ4v) is 5.09. The Balaban J connectivity index is 1.26. The number of carbonyl (C=O) groups is 1. The van der Waals surface area contributed by atoms with Gasteiger partial charge in [-0.2, -0.15) is 0 Å². The number of benzene rings is 1. The van der Waals surface area contributed by atoms with Gasteiger partial charge in [-0.3, -0.25) is 9.69 Å². The Hall–Kier alpha value is -1.75. The third kappa shape index (κ3) is 4.40. The van der Waals surface area contributed by atoms with Gasteiger partial charge >= 0.3 is 0 Å². The molecular formula is C22H33N3O2. The predicted octanol–water partition coefficient (Wildman–Crippen LogP) is 2.86. The predicted molar refractivity (Wildman–Crippen MR) is 108 cm³/mol. The lowest BCUT2D eigenvalue weighted by atomic mass is 9.75. The SMILES string of the molecule is COc1cccc(N2CCN(CC(=O)N3CC[C@@H]4CCCC[C@@H]4C3)CC2)c1. The molecule has 1 aliphatic carbocycles. The smallest absolute Gasteiger partial charge is 0.236 e. The van der Waals surface area contributed by atoms with Gasteiger partial charge < -0.3 is 14.5 Å². The van der Waals surface area contributed by atoms with Crippen LogP contribution in [0.3, 0.4) is 0 Å². The number of piperazine rings is 1. The van der Waals surface area contributed by atoms with Crippen LogP contribution in [-0.4, -0.2) is 68.6 Å². The molecule has 3 aliphatic rings. The maximum absolute atomic E-state index is 12.8. The number of hydrogen-bond acceptors (Lipinski definition) is 4. The van der Waals surface area contributed by atoms with E-state index in [1.54, 1.807) is 7.11 Å². The van der Waals surface area contributed by atoms with Gasteiger partial charge in [-0.1, -0.05) is 25.3 Å². The third-order valence-electron chi connectivity index (χ3n) is 6.79. The third-order valence-corrected chi connectivity index (χ3v) is 6.79. The number of rotatable bonds is 4. The second-order valence-electron chi connectivity index (χ2n) is 8.40. The minimum absolute atomic E-state index is 0.342. The van der Waals surface area contributed by atoms with Crippen LogP contribution in [-0.2, 0) is 4.79 Å². The lowest BCUT2D eigenvalue weighted by molar-refractivity contribution is -0.135. The molecule has 1 aromatic rings. The molecule has 2 aliphatic heterocycles. The van der Waals surface area contributed by atoms with E-state index >= 15 is 0 Å². The first-order valence-corrected chi connectivity index (χ1v) is 10.6. The summed E-state index contributed by atoms with van der Waals surface area (Å²) in [6.07, 6.45) is 6.69. The fraction of sp³-hybridized carbons (Fsp3) is 0.682. The van der Waals surface area contributed by atoms with Gasteiger partial charge in [0.2, 0.25) is 5.91 Å². The minimum Gasteiger partial charge on any atom is -0.497 e. The van der Waals surface area contributed by atoms with Crippen molar-refractivity contribution in [2.45, 2.75) is 32.1 Å². The van der Waals surface area contributed by atoms with Crippen LogP contribution >= 0.6 is 0 Å². The van der Waals surface area contributed by atoms with Gasteiger partial charge in [0.15, 0.2) is 0 Å². The number of hydrogen-bond donors (Lipinski definition) is 0. The van der Waals surface area contributed by atoms with Crippen LogP contribution in [0.2, 0.25) is 0 Å². The quantitative estimate of drug-likeness (QED) is 0.815. The molecule has 5 nitrogen and oxygen atoms in total. The molecule has 0 unspecified atom stereocenters. The number of ether oxygens (including phenoxy) is 1. The Morgan fingerprint density at radius 3 is 2.59 bits per heavy atom. The zero-order chi connectivity index (χ0) is 18.6. The molecule has 5 heteroatoms. The van der Waals surface area contributed by atoms with Crippen molar-refractivity contribution in [1.29, 1.82) is 0 Å². The lowest BCUT2D eigenvalue weighted by Crippen LogP contribution is -2.52. The van der Waals surface area contributed by atoms with Crippen molar-refractivity contribution in [3.05, 3.63) is 24.3 Å². The van der Waals surface area contributed by atoms with Gasteiger partial charge in [0.1, 0.15) is 5.75 Å². The Labute approximate surface area is 163 Å². The highest BCUT2D eigenvalue weighted by atomic mass is 16.5. The molecule has 4 rings (SSSR count). The first-order valence-electron chi connectivity index (χ1n) is 10.6. The molecule has 2 atom stereocenters. The Bertz CT molecular complexity index is 642. The van der Waals surface area contributed by atoms with Crippen LogP contribution in [0.15, 0.2) is 24.3 Å². The second-order valence-corrected chi connectivity index (χ2v) is 8.40. The lowest BCUT2D eigenvalue weighted by Gasteiger charge is -2.42. The van der Waals surface area contributed by atoms with Crippen LogP contribution in [0.1, 0.15) is 32.1 Å². The van der Waals surface area contributed by atoms with Crippen molar-refractivity contribution in [2.24, 2.45) is 11.8 Å². The van der Waals surface area contributed by atoms with E-state index < -0.39 is 0 Å². The molecule has 3 fully saturated rings. The number of amides is 1. The van der Waals surface area contributed by atoms with Gasteiger partial charge in [-0.15, -0.1) is 0 Å². The molecule has 0 spiro atoms. The van der Waals surface area contributed by atoms with E-state index in [1.807, 2.05) is 12.1 Å². The highest BCUT2D eigenvalue weighted by Crippen LogP contribution is 2.36. The van der Waals surface area contributed by atoms with E-state index in [4.69, 9.17) is 4.74 Å². The van der Waals surface area contributed by atoms with Gasteiger partial charge in [0.25, 0.3) is 0 Å². The highest BCUT2D eigenvalue weighted by Gasteiger charge is 2.33. The summed E-state index contributed by atoms with van der Waals surface area (Å²) in [6, 6.07) is 8.25. The van der Waals surface area contributed by atoms with Gasteiger partial charge in [0, 0.05) is 51.0 Å². The van der Waals surface area contributed by atoms with Gasteiger partial charge in [0.05, 0.1) is 13.7 Å². The first kappa shape index (κ1) is 18.6. The van der Waals surface area contributed by atoms with Crippen LogP contribution in [0.25, 0.3) is 0 Å². The number of carbonyl (C=O) groups excluding carboxylic acids is 1. The molecule has 2 saturated heterocycles. The van der Waals surface area contributed by atoms with E-state index in [2.05, 4.69) is 26.8 Å². The van der Waals surface area contributed by atoms with Crippen molar-refractivity contribution in [2.75, 3.05) is 57.8 Å². The zero-order valence-electron chi connectivity index (χ0n) is 16.6. The number of fused-ring (bicyclic) bond motifs is 1. The molecule has 27 heavy (non-hydrogen) atoms. The van der Waals surface area contributed by atoms with E-state index in [0.717, 1.165) is 56.9 Å².